The molecule has 0 N–H and O–H groups in total. The standard InChI is InChI=1S/C10H10BrN3O/c1-5(15)8-7-4-12-6(2)13-10(7)14(3)9(8)11/h4H,1-3H3. The number of fused-ring (bicyclic) bond motifs is 1. The van der Waals surface area contributed by atoms with E-state index in [-0.39, 0.29) is 5.78 Å². The first-order valence-electron chi connectivity index (χ1n) is 4.51. The van der Waals surface area contributed by atoms with Crippen LogP contribution in [0, 0.1) is 6.92 Å². The van der Waals surface area contributed by atoms with Crippen LogP contribution < -0.4 is 0 Å². The number of rotatable bonds is 1. The third-order valence-corrected chi connectivity index (χ3v) is 3.26. The van der Waals surface area contributed by atoms with E-state index in [4.69, 9.17) is 0 Å². The minimum Gasteiger partial charge on any atom is -0.322 e. The Bertz CT molecular complexity index is 559. The largest absolute Gasteiger partial charge is 0.322 e. The molecule has 4 nitrogen and oxygen atoms in total. The van der Waals surface area contributed by atoms with Crippen molar-refractivity contribution in [1.82, 2.24) is 14.5 Å². The topological polar surface area (TPSA) is 47.8 Å². The van der Waals surface area contributed by atoms with Gasteiger partial charge >= 0.3 is 0 Å². The van der Waals surface area contributed by atoms with Crippen molar-refractivity contribution in [2.75, 3.05) is 0 Å². The van der Waals surface area contributed by atoms with E-state index < -0.39 is 0 Å². The van der Waals surface area contributed by atoms with E-state index in [1.165, 1.54) is 0 Å². The van der Waals surface area contributed by atoms with E-state index in [1.807, 2.05) is 18.5 Å². The van der Waals surface area contributed by atoms with Gasteiger partial charge in [-0.05, 0) is 29.8 Å². The molecule has 0 fully saturated rings. The molecule has 0 aliphatic rings. The second-order valence-electron chi connectivity index (χ2n) is 3.44. The first kappa shape index (κ1) is 10.3. The van der Waals surface area contributed by atoms with Crippen LogP contribution in [-0.2, 0) is 7.05 Å². The first-order chi connectivity index (χ1) is 7.02. The van der Waals surface area contributed by atoms with Crippen molar-refractivity contribution in [3.63, 3.8) is 0 Å². The summed E-state index contributed by atoms with van der Waals surface area (Å²) >= 11 is 3.39. The minimum atomic E-state index is 0.0138. The molecule has 2 heterocycles. The molecule has 0 radical (unpaired) electrons. The van der Waals surface area contributed by atoms with Crippen molar-refractivity contribution in [3.8, 4) is 0 Å². The molecular weight excluding hydrogens is 258 g/mol. The van der Waals surface area contributed by atoms with Gasteiger partial charge in [0, 0.05) is 18.6 Å². The van der Waals surface area contributed by atoms with Crippen molar-refractivity contribution in [2.45, 2.75) is 13.8 Å². The van der Waals surface area contributed by atoms with Crippen LogP contribution in [0.15, 0.2) is 10.8 Å². The van der Waals surface area contributed by atoms with Crippen LogP contribution >= 0.6 is 15.9 Å². The molecule has 0 saturated carbocycles. The number of aromatic nitrogens is 3. The summed E-state index contributed by atoms with van der Waals surface area (Å²) < 4.78 is 2.60. The average Bonchev–Trinajstić information content (AvgIpc) is 2.41. The lowest BCUT2D eigenvalue weighted by atomic mass is 10.2. The summed E-state index contributed by atoms with van der Waals surface area (Å²) in [5.74, 6) is 0.714. The Kier molecular flexibility index (Phi) is 2.34. The lowest BCUT2D eigenvalue weighted by Crippen LogP contribution is -1.93. The molecule has 0 unspecified atom stereocenters. The molecule has 2 aromatic heterocycles. The molecule has 0 aromatic carbocycles. The maximum Gasteiger partial charge on any atom is 0.163 e. The zero-order valence-corrected chi connectivity index (χ0v) is 10.3. The monoisotopic (exact) mass is 267 g/mol. The summed E-state index contributed by atoms with van der Waals surface area (Å²) in [5.41, 5.74) is 1.42. The number of hydrogen-bond acceptors (Lipinski definition) is 3. The second kappa shape index (κ2) is 3.41. The maximum absolute atomic E-state index is 11.5. The second-order valence-corrected chi connectivity index (χ2v) is 4.19. The highest BCUT2D eigenvalue weighted by Crippen LogP contribution is 2.28. The summed E-state index contributed by atoms with van der Waals surface area (Å²) in [6.45, 7) is 3.37. The number of carbonyl (C=O) groups excluding carboxylic acids is 1. The van der Waals surface area contributed by atoms with Crippen molar-refractivity contribution in [3.05, 3.63) is 22.2 Å². The third kappa shape index (κ3) is 1.47. The van der Waals surface area contributed by atoms with E-state index >= 15 is 0 Å². The smallest absolute Gasteiger partial charge is 0.163 e. The fraction of sp³-hybridized carbons (Fsp3) is 0.300. The summed E-state index contributed by atoms with van der Waals surface area (Å²) in [5, 5.41) is 0.794. The average molecular weight is 268 g/mol. The van der Waals surface area contributed by atoms with Gasteiger partial charge in [0.2, 0.25) is 0 Å². The summed E-state index contributed by atoms with van der Waals surface area (Å²) in [7, 11) is 1.87. The molecule has 0 bridgehead atoms. The zero-order chi connectivity index (χ0) is 11.2. The van der Waals surface area contributed by atoms with Gasteiger partial charge < -0.3 is 4.57 Å². The van der Waals surface area contributed by atoms with Gasteiger partial charge in [0.05, 0.1) is 10.2 Å². The zero-order valence-electron chi connectivity index (χ0n) is 8.71. The van der Waals surface area contributed by atoms with Gasteiger partial charge in [-0.2, -0.15) is 0 Å². The highest BCUT2D eigenvalue weighted by molar-refractivity contribution is 9.10. The van der Waals surface area contributed by atoms with E-state index in [1.54, 1.807) is 13.1 Å². The van der Waals surface area contributed by atoms with Gasteiger partial charge in [0.1, 0.15) is 11.5 Å². The van der Waals surface area contributed by atoms with Gasteiger partial charge in [-0.3, -0.25) is 4.79 Å². The number of nitrogens with zero attached hydrogens (tertiary/aromatic N) is 3. The molecule has 15 heavy (non-hydrogen) atoms. The van der Waals surface area contributed by atoms with Gasteiger partial charge in [0.25, 0.3) is 0 Å². The highest BCUT2D eigenvalue weighted by Gasteiger charge is 2.17. The molecule has 78 valence electrons. The van der Waals surface area contributed by atoms with Gasteiger partial charge in [-0.1, -0.05) is 0 Å². The predicted molar refractivity (Wildman–Crippen MR) is 61.0 cm³/mol. The Labute approximate surface area is 95.5 Å². The van der Waals surface area contributed by atoms with Crippen LogP contribution in [0.25, 0.3) is 11.0 Å². The van der Waals surface area contributed by atoms with Crippen LogP contribution in [0.4, 0.5) is 0 Å². The fourth-order valence-electron chi connectivity index (χ4n) is 1.60. The third-order valence-electron chi connectivity index (χ3n) is 2.33. The predicted octanol–water partition coefficient (Wildman–Crippen LogP) is 2.24. The Morgan fingerprint density at radius 2 is 2.20 bits per heavy atom. The number of ketones is 1. The summed E-state index contributed by atoms with van der Waals surface area (Å²) in [4.78, 5) is 19.9. The molecule has 0 aliphatic carbocycles. The number of halogens is 1. The van der Waals surface area contributed by atoms with Crippen molar-refractivity contribution in [2.24, 2.45) is 7.05 Å². The van der Waals surface area contributed by atoms with Crippen LogP contribution in [0.3, 0.4) is 0 Å². The lowest BCUT2D eigenvalue weighted by molar-refractivity contribution is 0.101. The minimum absolute atomic E-state index is 0.0138. The fourth-order valence-corrected chi connectivity index (χ4v) is 2.26. The number of carbonyl (C=O) groups is 1. The van der Waals surface area contributed by atoms with E-state index in [2.05, 4.69) is 25.9 Å². The molecule has 0 atom stereocenters. The van der Waals surface area contributed by atoms with Gasteiger partial charge in [-0.25, -0.2) is 9.97 Å². The van der Waals surface area contributed by atoms with Crippen LogP contribution in [-0.4, -0.2) is 20.3 Å². The normalized spacial score (nSPS) is 10.9. The number of hydrogen-bond donors (Lipinski definition) is 0. The van der Waals surface area contributed by atoms with Crippen LogP contribution in [0.1, 0.15) is 23.1 Å². The van der Waals surface area contributed by atoms with E-state index in [0.29, 0.717) is 11.4 Å². The SMILES string of the molecule is CC(=O)c1c(Br)n(C)c2nc(C)ncc12. The number of Topliss-reactive ketones (excluding diaryl/α,β-unsaturated/α-hetero) is 1. The summed E-state index contributed by atoms with van der Waals surface area (Å²) in [6, 6.07) is 0. The Morgan fingerprint density at radius 3 is 2.80 bits per heavy atom. The molecule has 0 saturated heterocycles. The maximum atomic E-state index is 11.5. The highest BCUT2D eigenvalue weighted by atomic mass is 79.9. The molecule has 0 spiro atoms. The Hall–Kier alpha value is -1.23. The molecule has 0 aliphatic heterocycles. The molecule has 0 amide bonds. The molecule has 5 heteroatoms. The Morgan fingerprint density at radius 1 is 1.53 bits per heavy atom. The summed E-state index contributed by atoms with van der Waals surface area (Å²) in [6.07, 6.45) is 1.69. The van der Waals surface area contributed by atoms with Crippen molar-refractivity contribution in [1.29, 1.82) is 0 Å². The molecule has 2 aromatic rings. The van der Waals surface area contributed by atoms with Gasteiger partial charge in [-0.15, -0.1) is 0 Å². The quantitative estimate of drug-likeness (QED) is 0.745. The number of aryl methyl sites for hydroxylation is 2. The van der Waals surface area contributed by atoms with Crippen molar-refractivity contribution >= 4 is 32.7 Å². The van der Waals surface area contributed by atoms with E-state index in [0.717, 1.165) is 15.6 Å². The van der Waals surface area contributed by atoms with Crippen LogP contribution in [0.2, 0.25) is 0 Å². The molecular formula is C10H10BrN3O. The van der Waals surface area contributed by atoms with Gasteiger partial charge in [0.15, 0.2) is 5.78 Å². The lowest BCUT2D eigenvalue weighted by Gasteiger charge is -1.96. The van der Waals surface area contributed by atoms with Crippen molar-refractivity contribution < 1.29 is 4.79 Å². The Balaban J connectivity index is 2.93. The molecule has 2 rings (SSSR count). The van der Waals surface area contributed by atoms with Crippen LogP contribution in [0.5, 0.6) is 0 Å². The first-order valence-corrected chi connectivity index (χ1v) is 5.30. The van der Waals surface area contributed by atoms with E-state index in [9.17, 15) is 4.79 Å².